The summed E-state index contributed by atoms with van der Waals surface area (Å²) in [6, 6.07) is 1.80. The van der Waals surface area contributed by atoms with Gasteiger partial charge in [-0.3, -0.25) is 9.59 Å². The standard InChI is InChI=1S/C11H12BrNO3S/c12-8-3-4-17-10(8)11(16)13(6-9(14)15)5-7-1-2-7/h3-4,7H,1-2,5-6H2,(H,14,15). The Morgan fingerprint density at radius 1 is 1.53 bits per heavy atom. The Morgan fingerprint density at radius 2 is 2.24 bits per heavy atom. The molecule has 0 saturated heterocycles. The summed E-state index contributed by atoms with van der Waals surface area (Å²) < 4.78 is 0.735. The summed E-state index contributed by atoms with van der Waals surface area (Å²) in [6.45, 7) is 0.329. The molecule has 0 aromatic carbocycles. The second kappa shape index (κ2) is 5.18. The van der Waals surface area contributed by atoms with E-state index < -0.39 is 5.97 Å². The normalized spacial score (nSPS) is 14.6. The number of hydrogen-bond donors (Lipinski definition) is 1. The summed E-state index contributed by atoms with van der Waals surface area (Å²) in [7, 11) is 0. The van der Waals surface area contributed by atoms with E-state index >= 15 is 0 Å². The van der Waals surface area contributed by atoms with Gasteiger partial charge < -0.3 is 10.0 Å². The number of carboxylic acids is 1. The zero-order valence-corrected chi connectivity index (χ0v) is 11.5. The van der Waals surface area contributed by atoms with Crippen LogP contribution < -0.4 is 0 Å². The molecule has 0 radical (unpaired) electrons. The van der Waals surface area contributed by atoms with E-state index in [0.717, 1.165) is 17.3 Å². The summed E-state index contributed by atoms with van der Waals surface area (Å²) >= 11 is 4.63. The molecule has 92 valence electrons. The fraction of sp³-hybridized carbons (Fsp3) is 0.455. The Kier molecular flexibility index (Phi) is 3.83. The molecule has 0 unspecified atom stereocenters. The first kappa shape index (κ1) is 12.6. The highest BCUT2D eigenvalue weighted by Gasteiger charge is 2.29. The van der Waals surface area contributed by atoms with Gasteiger partial charge in [-0.25, -0.2) is 0 Å². The van der Waals surface area contributed by atoms with Gasteiger partial charge in [0.05, 0.1) is 0 Å². The predicted octanol–water partition coefficient (Wildman–Crippen LogP) is 2.45. The Hall–Kier alpha value is -0.880. The van der Waals surface area contributed by atoms with Crippen LogP contribution in [0.1, 0.15) is 22.5 Å². The van der Waals surface area contributed by atoms with Gasteiger partial charge in [-0.2, -0.15) is 0 Å². The minimum Gasteiger partial charge on any atom is -0.480 e. The molecule has 4 nitrogen and oxygen atoms in total. The number of hydrogen-bond acceptors (Lipinski definition) is 3. The molecule has 2 rings (SSSR count). The number of carboxylic acid groups (broad SMARTS) is 1. The van der Waals surface area contributed by atoms with Gasteiger partial charge in [0.2, 0.25) is 0 Å². The molecule has 1 aromatic rings. The number of rotatable bonds is 5. The van der Waals surface area contributed by atoms with Crippen LogP contribution in [0.15, 0.2) is 15.9 Å². The van der Waals surface area contributed by atoms with Crippen molar-refractivity contribution in [3.8, 4) is 0 Å². The van der Waals surface area contributed by atoms with Crippen molar-refractivity contribution >= 4 is 39.1 Å². The van der Waals surface area contributed by atoms with Crippen LogP contribution in [0, 0.1) is 5.92 Å². The lowest BCUT2D eigenvalue weighted by molar-refractivity contribution is -0.137. The molecule has 1 saturated carbocycles. The quantitative estimate of drug-likeness (QED) is 0.907. The Labute approximate surface area is 111 Å². The van der Waals surface area contributed by atoms with Crippen LogP contribution in [-0.4, -0.2) is 35.0 Å². The van der Waals surface area contributed by atoms with Crippen molar-refractivity contribution in [3.63, 3.8) is 0 Å². The fourth-order valence-corrected chi connectivity index (χ4v) is 3.09. The van der Waals surface area contributed by atoms with Crippen LogP contribution >= 0.6 is 27.3 Å². The molecule has 0 atom stereocenters. The van der Waals surface area contributed by atoms with Gasteiger partial charge in [-0.15, -0.1) is 11.3 Å². The fourth-order valence-electron chi connectivity index (χ4n) is 1.58. The van der Waals surface area contributed by atoms with Crippen LogP contribution in [-0.2, 0) is 4.79 Å². The van der Waals surface area contributed by atoms with Crippen LogP contribution in [0.3, 0.4) is 0 Å². The molecule has 1 N–H and O–H groups in total. The second-order valence-corrected chi connectivity index (χ2v) is 5.89. The molecule has 0 spiro atoms. The highest BCUT2D eigenvalue weighted by atomic mass is 79.9. The number of amides is 1. The average molecular weight is 318 g/mol. The summed E-state index contributed by atoms with van der Waals surface area (Å²) in [6.07, 6.45) is 2.18. The molecule has 0 bridgehead atoms. The smallest absolute Gasteiger partial charge is 0.323 e. The summed E-state index contributed by atoms with van der Waals surface area (Å²) in [5, 5.41) is 10.6. The lowest BCUT2D eigenvalue weighted by atomic mass is 10.3. The maximum Gasteiger partial charge on any atom is 0.323 e. The van der Waals surface area contributed by atoms with Crippen molar-refractivity contribution in [3.05, 3.63) is 20.8 Å². The van der Waals surface area contributed by atoms with E-state index in [1.165, 1.54) is 16.2 Å². The van der Waals surface area contributed by atoms with Crippen molar-refractivity contribution < 1.29 is 14.7 Å². The van der Waals surface area contributed by atoms with Crippen molar-refractivity contribution in [2.24, 2.45) is 5.92 Å². The highest BCUT2D eigenvalue weighted by Crippen LogP contribution is 2.31. The molecule has 1 aromatic heterocycles. The van der Waals surface area contributed by atoms with Crippen molar-refractivity contribution in [1.82, 2.24) is 4.90 Å². The van der Waals surface area contributed by atoms with Crippen molar-refractivity contribution in [1.29, 1.82) is 0 Å². The van der Waals surface area contributed by atoms with Gasteiger partial charge in [0.1, 0.15) is 11.4 Å². The molecule has 0 aliphatic heterocycles. The highest BCUT2D eigenvalue weighted by molar-refractivity contribution is 9.10. The minimum absolute atomic E-state index is 0.193. The topological polar surface area (TPSA) is 57.6 Å². The van der Waals surface area contributed by atoms with Crippen LogP contribution in [0.4, 0.5) is 0 Å². The lowest BCUT2D eigenvalue weighted by Crippen LogP contribution is -2.37. The molecular weight excluding hydrogens is 306 g/mol. The third kappa shape index (κ3) is 3.29. The van der Waals surface area contributed by atoms with E-state index in [0.29, 0.717) is 17.3 Å². The van der Waals surface area contributed by atoms with Gasteiger partial charge in [0.25, 0.3) is 5.91 Å². The number of halogens is 1. The number of aliphatic carboxylic acids is 1. The number of carbonyl (C=O) groups is 2. The van der Waals surface area contributed by atoms with Gasteiger partial charge in [-0.05, 0) is 46.1 Å². The summed E-state index contributed by atoms with van der Waals surface area (Å²) in [4.78, 5) is 24.9. The molecule has 1 fully saturated rings. The minimum atomic E-state index is -0.966. The number of thiophene rings is 1. The third-order valence-corrected chi connectivity index (χ3v) is 4.43. The first-order chi connectivity index (χ1) is 8.08. The first-order valence-electron chi connectivity index (χ1n) is 5.32. The predicted molar refractivity (Wildman–Crippen MR) is 68.3 cm³/mol. The molecule has 1 heterocycles. The van der Waals surface area contributed by atoms with E-state index in [9.17, 15) is 9.59 Å². The molecule has 1 amide bonds. The molecule has 6 heteroatoms. The largest absolute Gasteiger partial charge is 0.480 e. The van der Waals surface area contributed by atoms with Gasteiger partial charge in [0, 0.05) is 11.0 Å². The van der Waals surface area contributed by atoms with Crippen LogP contribution in [0.25, 0.3) is 0 Å². The van der Waals surface area contributed by atoms with E-state index in [2.05, 4.69) is 15.9 Å². The second-order valence-electron chi connectivity index (χ2n) is 4.12. The first-order valence-corrected chi connectivity index (χ1v) is 6.99. The molecular formula is C11H12BrNO3S. The van der Waals surface area contributed by atoms with Crippen LogP contribution in [0.2, 0.25) is 0 Å². The van der Waals surface area contributed by atoms with E-state index in [4.69, 9.17) is 5.11 Å². The maximum atomic E-state index is 12.2. The van der Waals surface area contributed by atoms with E-state index in [1.807, 2.05) is 5.38 Å². The molecule has 1 aliphatic carbocycles. The van der Waals surface area contributed by atoms with E-state index in [1.54, 1.807) is 6.07 Å². The van der Waals surface area contributed by atoms with Crippen molar-refractivity contribution in [2.45, 2.75) is 12.8 Å². The number of carbonyl (C=O) groups excluding carboxylic acids is 1. The van der Waals surface area contributed by atoms with Crippen molar-refractivity contribution in [2.75, 3.05) is 13.1 Å². The molecule has 17 heavy (non-hydrogen) atoms. The zero-order valence-electron chi connectivity index (χ0n) is 9.06. The summed E-state index contributed by atoms with van der Waals surface area (Å²) in [5.74, 6) is -0.676. The zero-order chi connectivity index (χ0) is 12.4. The number of nitrogens with zero attached hydrogens (tertiary/aromatic N) is 1. The maximum absolute atomic E-state index is 12.2. The Balaban J connectivity index is 2.10. The third-order valence-electron chi connectivity index (χ3n) is 2.60. The summed E-state index contributed by atoms with van der Waals surface area (Å²) in [5.41, 5.74) is 0. The Morgan fingerprint density at radius 3 is 2.71 bits per heavy atom. The van der Waals surface area contributed by atoms with Gasteiger partial charge >= 0.3 is 5.97 Å². The monoisotopic (exact) mass is 317 g/mol. The van der Waals surface area contributed by atoms with Crippen LogP contribution in [0.5, 0.6) is 0 Å². The molecule has 1 aliphatic rings. The van der Waals surface area contributed by atoms with E-state index in [-0.39, 0.29) is 12.5 Å². The average Bonchev–Trinajstić information content (AvgIpc) is 2.97. The SMILES string of the molecule is O=C(O)CN(CC1CC1)C(=O)c1sccc1Br. The Bertz CT molecular complexity index is 442. The van der Waals surface area contributed by atoms with Gasteiger partial charge in [0.15, 0.2) is 0 Å². The lowest BCUT2D eigenvalue weighted by Gasteiger charge is -2.19. The van der Waals surface area contributed by atoms with Gasteiger partial charge in [-0.1, -0.05) is 0 Å².